The third kappa shape index (κ3) is 4.87. The molecule has 2 aromatic carbocycles. The minimum atomic E-state index is -0.199. The highest BCUT2D eigenvalue weighted by molar-refractivity contribution is 5.91. The van der Waals surface area contributed by atoms with Crippen LogP contribution in [0, 0.1) is 6.92 Å². The number of amides is 1. The molecule has 1 amide bonds. The van der Waals surface area contributed by atoms with Gasteiger partial charge in [0.2, 0.25) is 11.8 Å². The second-order valence-electron chi connectivity index (χ2n) is 7.49. The van der Waals surface area contributed by atoms with Gasteiger partial charge in [0.15, 0.2) is 11.5 Å². The molecule has 0 bridgehead atoms. The van der Waals surface area contributed by atoms with Crippen LogP contribution in [0.4, 0.5) is 5.69 Å². The van der Waals surface area contributed by atoms with Gasteiger partial charge in [-0.3, -0.25) is 14.2 Å². The zero-order valence-electron chi connectivity index (χ0n) is 18.6. The van der Waals surface area contributed by atoms with Crippen LogP contribution in [-0.2, 0) is 11.3 Å². The Bertz CT molecular complexity index is 1360. The van der Waals surface area contributed by atoms with E-state index in [0.717, 1.165) is 11.3 Å². The molecule has 0 saturated carbocycles. The number of fused-ring (bicyclic) bond motifs is 1. The molecule has 9 heteroatoms. The Balaban J connectivity index is 1.40. The fraction of sp³-hybridized carbons (Fsp3) is 0.250. The lowest BCUT2D eigenvalue weighted by Gasteiger charge is -2.11. The predicted octanol–water partition coefficient (Wildman–Crippen LogP) is 3.80. The van der Waals surface area contributed by atoms with E-state index in [1.165, 1.54) is 25.1 Å². The SMILES string of the molecule is COc1cc2ncn(CCCC(=O)Nc3cccc(-c4nc(C)co4)c3)c(=O)c2cc1OC. The zero-order valence-corrected chi connectivity index (χ0v) is 18.6. The van der Waals surface area contributed by atoms with Crippen molar-refractivity contribution in [2.75, 3.05) is 19.5 Å². The third-order valence-electron chi connectivity index (χ3n) is 5.14. The number of nitrogens with one attached hydrogen (secondary N) is 1. The van der Waals surface area contributed by atoms with Gasteiger partial charge in [-0.2, -0.15) is 0 Å². The second kappa shape index (κ2) is 9.56. The Kier molecular flexibility index (Phi) is 6.39. The van der Waals surface area contributed by atoms with E-state index in [1.807, 2.05) is 25.1 Å². The quantitative estimate of drug-likeness (QED) is 0.437. The summed E-state index contributed by atoms with van der Waals surface area (Å²) in [6.45, 7) is 2.21. The molecule has 1 N–H and O–H groups in total. The predicted molar refractivity (Wildman–Crippen MR) is 124 cm³/mol. The van der Waals surface area contributed by atoms with Crippen LogP contribution in [0.5, 0.6) is 11.5 Å². The molecular weight excluding hydrogens is 424 g/mol. The van der Waals surface area contributed by atoms with Crippen molar-refractivity contribution in [1.29, 1.82) is 0 Å². The number of hydrogen-bond acceptors (Lipinski definition) is 7. The van der Waals surface area contributed by atoms with E-state index in [0.29, 0.717) is 46.9 Å². The molecule has 0 atom stereocenters. The number of ether oxygens (including phenoxy) is 2. The monoisotopic (exact) mass is 448 g/mol. The van der Waals surface area contributed by atoms with Crippen LogP contribution in [0.15, 0.2) is 58.2 Å². The summed E-state index contributed by atoms with van der Waals surface area (Å²) in [5.74, 6) is 1.32. The number of benzene rings is 2. The summed E-state index contributed by atoms with van der Waals surface area (Å²) < 4.78 is 17.5. The van der Waals surface area contributed by atoms with E-state index in [2.05, 4.69) is 15.3 Å². The first kappa shape index (κ1) is 22.1. The van der Waals surface area contributed by atoms with E-state index in [-0.39, 0.29) is 17.9 Å². The van der Waals surface area contributed by atoms with Crippen molar-refractivity contribution in [3.8, 4) is 23.0 Å². The number of hydrogen-bond donors (Lipinski definition) is 1. The molecule has 0 spiro atoms. The van der Waals surface area contributed by atoms with Crippen LogP contribution in [0.25, 0.3) is 22.4 Å². The molecule has 33 heavy (non-hydrogen) atoms. The van der Waals surface area contributed by atoms with Gasteiger partial charge >= 0.3 is 0 Å². The molecule has 170 valence electrons. The van der Waals surface area contributed by atoms with Crippen LogP contribution < -0.4 is 20.3 Å². The molecule has 0 aliphatic carbocycles. The maximum absolute atomic E-state index is 12.8. The number of rotatable bonds is 8. The summed E-state index contributed by atoms with van der Waals surface area (Å²) in [7, 11) is 3.04. The second-order valence-corrected chi connectivity index (χ2v) is 7.49. The van der Waals surface area contributed by atoms with Crippen molar-refractivity contribution in [3.63, 3.8) is 0 Å². The molecule has 4 rings (SSSR count). The number of oxazole rings is 1. The van der Waals surface area contributed by atoms with E-state index in [4.69, 9.17) is 13.9 Å². The maximum Gasteiger partial charge on any atom is 0.261 e. The summed E-state index contributed by atoms with van der Waals surface area (Å²) in [6, 6.07) is 10.6. The van der Waals surface area contributed by atoms with Gasteiger partial charge < -0.3 is 19.2 Å². The lowest BCUT2D eigenvalue weighted by Crippen LogP contribution is -2.22. The molecule has 2 heterocycles. The fourth-order valence-electron chi connectivity index (χ4n) is 3.49. The summed E-state index contributed by atoms with van der Waals surface area (Å²) in [5.41, 5.74) is 2.54. The van der Waals surface area contributed by atoms with Crippen LogP contribution in [0.1, 0.15) is 18.5 Å². The number of anilines is 1. The van der Waals surface area contributed by atoms with Gasteiger partial charge in [0, 0.05) is 30.3 Å². The van der Waals surface area contributed by atoms with E-state index in [1.54, 1.807) is 24.5 Å². The first-order chi connectivity index (χ1) is 16.0. The normalized spacial score (nSPS) is 10.9. The largest absolute Gasteiger partial charge is 0.493 e. The van der Waals surface area contributed by atoms with Gasteiger partial charge in [-0.05, 0) is 37.6 Å². The maximum atomic E-state index is 12.8. The molecular formula is C24H24N4O5. The minimum absolute atomic E-state index is 0.149. The number of methoxy groups -OCH3 is 2. The van der Waals surface area contributed by atoms with Crippen molar-refractivity contribution >= 4 is 22.5 Å². The van der Waals surface area contributed by atoms with Gasteiger partial charge in [0.1, 0.15) is 6.26 Å². The molecule has 0 saturated heterocycles. The summed E-state index contributed by atoms with van der Waals surface area (Å²) in [5, 5.41) is 3.30. The highest BCUT2D eigenvalue weighted by atomic mass is 16.5. The van der Waals surface area contributed by atoms with Crippen molar-refractivity contribution in [3.05, 3.63) is 65.0 Å². The lowest BCUT2D eigenvalue weighted by molar-refractivity contribution is -0.116. The number of nitrogens with zero attached hydrogens (tertiary/aromatic N) is 3. The topological polar surface area (TPSA) is 108 Å². The van der Waals surface area contributed by atoms with Gasteiger partial charge in [-0.15, -0.1) is 0 Å². The Morgan fingerprint density at radius 3 is 2.67 bits per heavy atom. The Labute approximate surface area is 190 Å². The Hall–Kier alpha value is -4.14. The first-order valence-corrected chi connectivity index (χ1v) is 10.4. The molecule has 4 aromatic rings. The number of aromatic nitrogens is 3. The number of aryl methyl sites for hydroxylation is 2. The minimum Gasteiger partial charge on any atom is -0.493 e. The van der Waals surface area contributed by atoms with E-state index in [9.17, 15) is 9.59 Å². The highest BCUT2D eigenvalue weighted by Crippen LogP contribution is 2.29. The third-order valence-corrected chi connectivity index (χ3v) is 5.14. The highest BCUT2D eigenvalue weighted by Gasteiger charge is 2.12. The van der Waals surface area contributed by atoms with E-state index < -0.39 is 0 Å². The lowest BCUT2D eigenvalue weighted by atomic mass is 10.2. The van der Waals surface area contributed by atoms with Crippen molar-refractivity contribution < 1.29 is 18.7 Å². The molecule has 0 unspecified atom stereocenters. The van der Waals surface area contributed by atoms with Gasteiger partial charge in [0.25, 0.3) is 5.56 Å². The molecule has 0 radical (unpaired) electrons. The molecule has 0 aliphatic heterocycles. The average molecular weight is 448 g/mol. The van der Waals surface area contributed by atoms with Gasteiger partial charge in [-0.25, -0.2) is 9.97 Å². The molecule has 0 fully saturated rings. The van der Waals surface area contributed by atoms with Crippen LogP contribution in [0.2, 0.25) is 0 Å². The van der Waals surface area contributed by atoms with Crippen molar-refractivity contribution in [2.45, 2.75) is 26.3 Å². The van der Waals surface area contributed by atoms with Crippen molar-refractivity contribution in [1.82, 2.24) is 14.5 Å². The average Bonchev–Trinajstić information content (AvgIpc) is 3.26. The van der Waals surface area contributed by atoms with Crippen molar-refractivity contribution in [2.24, 2.45) is 0 Å². The van der Waals surface area contributed by atoms with Crippen LogP contribution >= 0.6 is 0 Å². The summed E-state index contributed by atoms with van der Waals surface area (Å²) in [6.07, 6.45) is 3.79. The van der Waals surface area contributed by atoms with E-state index >= 15 is 0 Å². The van der Waals surface area contributed by atoms with Gasteiger partial charge in [0.05, 0.1) is 37.1 Å². The summed E-state index contributed by atoms with van der Waals surface area (Å²) >= 11 is 0. The number of carbonyl (C=O) groups is 1. The smallest absolute Gasteiger partial charge is 0.261 e. The van der Waals surface area contributed by atoms with Crippen LogP contribution in [0.3, 0.4) is 0 Å². The number of carbonyl (C=O) groups excluding carboxylic acids is 1. The standard InChI is InChI=1S/C24H24N4O5/c1-15-13-33-23(26-15)16-6-4-7-17(10-16)27-22(29)8-5-9-28-14-25-19-12-21(32-3)20(31-2)11-18(19)24(28)30/h4,6-7,10-14H,5,8-9H2,1-3H3,(H,27,29). The summed E-state index contributed by atoms with van der Waals surface area (Å²) in [4.78, 5) is 33.9. The molecule has 0 aliphatic rings. The zero-order chi connectivity index (χ0) is 23.4. The Morgan fingerprint density at radius 1 is 1.15 bits per heavy atom. The Morgan fingerprint density at radius 2 is 1.94 bits per heavy atom. The molecule has 2 aromatic heterocycles. The van der Waals surface area contributed by atoms with Crippen LogP contribution in [-0.4, -0.2) is 34.7 Å². The molecule has 9 nitrogen and oxygen atoms in total. The van der Waals surface area contributed by atoms with Gasteiger partial charge in [-0.1, -0.05) is 6.07 Å². The fourth-order valence-corrected chi connectivity index (χ4v) is 3.49. The first-order valence-electron chi connectivity index (χ1n) is 10.4.